The normalized spacial score (nSPS) is 25.3. The van der Waals surface area contributed by atoms with Crippen LogP contribution in [0, 0.1) is 0 Å². The van der Waals surface area contributed by atoms with Gasteiger partial charge in [0, 0.05) is 6.42 Å². The van der Waals surface area contributed by atoms with E-state index in [-0.39, 0.29) is 17.0 Å². The maximum absolute atomic E-state index is 6.34. The highest BCUT2D eigenvalue weighted by molar-refractivity contribution is 5.83. The highest BCUT2D eigenvalue weighted by Gasteiger charge is 2.35. The monoisotopic (exact) mass is 349 g/mol. The highest BCUT2D eigenvalue weighted by Crippen LogP contribution is 2.28. The van der Waals surface area contributed by atoms with E-state index >= 15 is 0 Å². The molecule has 1 heterocycles. The van der Waals surface area contributed by atoms with Crippen LogP contribution in [-0.2, 0) is 0 Å². The average molecular weight is 350 g/mol. The number of likely N-dealkylation sites (tertiary alicyclic amines) is 1. The molecule has 0 N–H and O–H groups in total. The van der Waals surface area contributed by atoms with Crippen LogP contribution in [0.1, 0.15) is 26.2 Å². The lowest BCUT2D eigenvalue weighted by Crippen LogP contribution is -3.00. The van der Waals surface area contributed by atoms with Crippen LogP contribution >= 0.6 is 0 Å². The second-order valence-corrected chi connectivity index (χ2v) is 6.10. The molecule has 21 heavy (non-hydrogen) atoms. The van der Waals surface area contributed by atoms with Gasteiger partial charge in [0.05, 0.1) is 20.1 Å². The van der Waals surface area contributed by atoms with Crippen molar-refractivity contribution >= 4 is 10.8 Å². The minimum absolute atomic E-state index is 0. The van der Waals surface area contributed by atoms with Gasteiger partial charge in [0.2, 0.25) is 6.23 Å². The Bertz CT molecular complexity index is 601. The summed E-state index contributed by atoms with van der Waals surface area (Å²) in [6, 6.07) is 14.9. The third-order valence-electron chi connectivity index (χ3n) is 4.78. The zero-order valence-electron chi connectivity index (χ0n) is 12.9. The molecule has 0 aliphatic carbocycles. The highest BCUT2D eigenvalue weighted by atomic mass is 79.9. The summed E-state index contributed by atoms with van der Waals surface area (Å²) >= 11 is 0. The topological polar surface area (TPSA) is 9.23 Å². The molecule has 1 fully saturated rings. The average Bonchev–Trinajstić information content (AvgIpc) is 2.49. The standard InChI is InChI=1S/C18H24NO.BrH/c1-3-19(2)13-7-6-10-18(19)20-17-12-11-15-8-4-5-9-16(15)14-17;/h4-5,8-9,11-12,14,18H,3,6-7,10,13H2,1-2H3;1H/q+1;/p-1. The van der Waals surface area contributed by atoms with Crippen LogP contribution in [0.15, 0.2) is 42.5 Å². The molecule has 0 radical (unpaired) electrons. The maximum Gasteiger partial charge on any atom is 0.233 e. The van der Waals surface area contributed by atoms with Crippen molar-refractivity contribution in [3.63, 3.8) is 0 Å². The number of ether oxygens (including phenoxy) is 1. The van der Waals surface area contributed by atoms with Crippen molar-refractivity contribution in [3.8, 4) is 5.75 Å². The number of benzene rings is 2. The van der Waals surface area contributed by atoms with Gasteiger partial charge in [0.15, 0.2) is 0 Å². The lowest BCUT2D eigenvalue weighted by atomic mass is 10.1. The molecular formula is C18H24BrNO. The Morgan fingerprint density at radius 1 is 1.10 bits per heavy atom. The van der Waals surface area contributed by atoms with E-state index in [1.165, 1.54) is 30.2 Å². The summed E-state index contributed by atoms with van der Waals surface area (Å²) < 4.78 is 7.38. The molecule has 1 aliphatic rings. The molecule has 0 amide bonds. The Kier molecular flexibility index (Phi) is 5.28. The van der Waals surface area contributed by atoms with Crippen molar-refractivity contribution < 1.29 is 26.2 Å². The summed E-state index contributed by atoms with van der Waals surface area (Å²) in [5.41, 5.74) is 0. The lowest BCUT2D eigenvalue weighted by Gasteiger charge is -2.43. The van der Waals surface area contributed by atoms with Gasteiger partial charge in [0.1, 0.15) is 5.75 Å². The molecule has 3 heteroatoms. The van der Waals surface area contributed by atoms with Crippen molar-refractivity contribution in [1.29, 1.82) is 0 Å². The van der Waals surface area contributed by atoms with Gasteiger partial charge >= 0.3 is 0 Å². The molecular weight excluding hydrogens is 326 g/mol. The molecule has 2 atom stereocenters. The van der Waals surface area contributed by atoms with Crippen molar-refractivity contribution in [2.75, 3.05) is 20.1 Å². The van der Waals surface area contributed by atoms with E-state index in [0.29, 0.717) is 6.23 Å². The Balaban J connectivity index is 0.00000161. The number of fused-ring (bicyclic) bond motifs is 1. The minimum Gasteiger partial charge on any atom is -1.00 e. The smallest absolute Gasteiger partial charge is 0.233 e. The van der Waals surface area contributed by atoms with Crippen LogP contribution < -0.4 is 21.7 Å². The van der Waals surface area contributed by atoms with E-state index < -0.39 is 0 Å². The zero-order valence-corrected chi connectivity index (χ0v) is 14.5. The molecule has 0 saturated carbocycles. The van der Waals surface area contributed by atoms with Crippen LogP contribution in [0.5, 0.6) is 5.75 Å². The minimum atomic E-state index is 0. The fraction of sp³-hybridized carbons (Fsp3) is 0.444. The first-order valence-electron chi connectivity index (χ1n) is 7.71. The molecule has 1 aliphatic heterocycles. The number of halogens is 1. The Morgan fingerprint density at radius 3 is 2.62 bits per heavy atom. The van der Waals surface area contributed by atoms with E-state index in [1.807, 2.05) is 0 Å². The van der Waals surface area contributed by atoms with Crippen molar-refractivity contribution in [2.24, 2.45) is 0 Å². The van der Waals surface area contributed by atoms with Crippen LogP contribution in [-0.4, -0.2) is 30.8 Å². The molecule has 2 aromatic carbocycles. The molecule has 114 valence electrons. The molecule has 2 nitrogen and oxygen atoms in total. The summed E-state index contributed by atoms with van der Waals surface area (Å²) in [6.45, 7) is 4.63. The third kappa shape index (κ3) is 3.41. The van der Waals surface area contributed by atoms with Gasteiger partial charge in [0.25, 0.3) is 0 Å². The fourth-order valence-corrected chi connectivity index (χ4v) is 3.19. The second kappa shape index (κ2) is 6.80. The quantitative estimate of drug-likeness (QED) is 0.756. The molecule has 0 bridgehead atoms. The van der Waals surface area contributed by atoms with Crippen molar-refractivity contribution in [1.82, 2.24) is 0 Å². The van der Waals surface area contributed by atoms with Gasteiger partial charge in [-0.2, -0.15) is 0 Å². The first-order valence-corrected chi connectivity index (χ1v) is 7.71. The van der Waals surface area contributed by atoms with Crippen molar-refractivity contribution in [2.45, 2.75) is 32.4 Å². The maximum atomic E-state index is 6.34. The molecule has 2 unspecified atom stereocenters. The summed E-state index contributed by atoms with van der Waals surface area (Å²) in [7, 11) is 2.32. The third-order valence-corrected chi connectivity index (χ3v) is 4.78. The van der Waals surface area contributed by atoms with Crippen LogP contribution in [0.3, 0.4) is 0 Å². The largest absolute Gasteiger partial charge is 1.00 e. The van der Waals surface area contributed by atoms with Crippen molar-refractivity contribution in [3.05, 3.63) is 42.5 Å². The number of rotatable bonds is 3. The van der Waals surface area contributed by atoms with Gasteiger partial charge < -0.3 is 21.7 Å². The SMILES string of the molecule is CC[N+]1(C)CCCCC1Oc1ccc2ccccc2c1.[Br-]. The Labute approximate surface area is 138 Å². The molecule has 1 saturated heterocycles. The van der Waals surface area contributed by atoms with Crippen LogP contribution in [0.4, 0.5) is 0 Å². The van der Waals surface area contributed by atoms with E-state index in [1.54, 1.807) is 0 Å². The van der Waals surface area contributed by atoms with E-state index in [2.05, 4.69) is 56.4 Å². The molecule has 0 spiro atoms. The lowest BCUT2D eigenvalue weighted by molar-refractivity contribution is -0.954. The number of nitrogens with zero attached hydrogens (tertiary/aromatic N) is 1. The number of hydrogen-bond acceptors (Lipinski definition) is 1. The van der Waals surface area contributed by atoms with Gasteiger partial charge in [-0.15, -0.1) is 0 Å². The number of quaternary nitrogens is 1. The molecule has 2 aromatic rings. The summed E-state index contributed by atoms with van der Waals surface area (Å²) in [6.07, 6.45) is 4.07. The van der Waals surface area contributed by atoms with Gasteiger partial charge in [-0.1, -0.05) is 30.3 Å². The molecule has 0 aromatic heterocycles. The van der Waals surface area contributed by atoms with Gasteiger partial charge in [-0.3, -0.25) is 4.48 Å². The van der Waals surface area contributed by atoms with Gasteiger partial charge in [-0.25, -0.2) is 0 Å². The number of piperidine rings is 1. The summed E-state index contributed by atoms with van der Waals surface area (Å²) in [5.74, 6) is 1.01. The zero-order chi connectivity index (χ0) is 14.0. The van der Waals surface area contributed by atoms with Crippen LogP contribution in [0.2, 0.25) is 0 Å². The second-order valence-electron chi connectivity index (χ2n) is 6.10. The predicted molar refractivity (Wildman–Crippen MR) is 83.8 cm³/mol. The van der Waals surface area contributed by atoms with Crippen LogP contribution in [0.25, 0.3) is 10.8 Å². The first-order chi connectivity index (χ1) is 9.71. The summed E-state index contributed by atoms with van der Waals surface area (Å²) in [5, 5.41) is 2.53. The fourth-order valence-electron chi connectivity index (χ4n) is 3.19. The number of hydrogen-bond donors (Lipinski definition) is 0. The molecule has 3 rings (SSSR count). The van der Waals surface area contributed by atoms with E-state index in [4.69, 9.17) is 4.74 Å². The predicted octanol–water partition coefficient (Wildman–Crippen LogP) is 1.20. The Morgan fingerprint density at radius 2 is 1.86 bits per heavy atom. The summed E-state index contributed by atoms with van der Waals surface area (Å²) in [4.78, 5) is 0. The van der Waals surface area contributed by atoms with E-state index in [0.717, 1.165) is 23.2 Å². The first kappa shape index (κ1) is 16.3. The van der Waals surface area contributed by atoms with Gasteiger partial charge in [-0.05, 0) is 42.7 Å². The Hall–Kier alpha value is -1.06. The van der Waals surface area contributed by atoms with E-state index in [9.17, 15) is 0 Å².